The van der Waals surface area contributed by atoms with Crippen molar-refractivity contribution in [2.24, 2.45) is 11.8 Å². The topological polar surface area (TPSA) is 26.3 Å². The van der Waals surface area contributed by atoms with Gasteiger partial charge in [0.15, 0.2) is 0 Å². The second kappa shape index (κ2) is 2.55. The van der Waals surface area contributed by atoms with Crippen LogP contribution in [0.4, 0.5) is 0 Å². The zero-order valence-corrected chi connectivity index (χ0v) is 7.14. The molecule has 0 amide bonds. The van der Waals surface area contributed by atoms with Crippen LogP contribution in [0.25, 0.3) is 0 Å². The molecule has 1 aliphatic carbocycles. The van der Waals surface area contributed by atoms with E-state index in [4.69, 9.17) is 4.74 Å². The Morgan fingerprint density at radius 2 is 2.55 bits per heavy atom. The third kappa shape index (κ3) is 1.07. The Kier molecular flexibility index (Phi) is 1.68. The lowest BCUT2D eigenvalue weighted by atomic mass is 10.3. The molecule has 0 saturated heterocycles. The minimum absolute atomic E-state index is 0.0145. The minimum Gasteiger partial charge on any atom is -0.466 e. The first-order chi connectivity index (χ1) is 5.34. The lowest BCUT2D eigenvalue weighted by Gasteiger charge is -1.99. The fraction of sp³-hybridized carbons (Fsp3) is 0.625. The fourth-order valence-electron chi connectivity index (χ4n) is 1.47. The average Bonchev–Trinajstić information content (AvgIpc) is 2.47. The molecule has 1 heterocycles. The molecule has 0 radical (unpaired) electrons. The quantitative estimate of drug-likeness (QED) is 0.586. The maximum absolute atomic E-state index is 11.1. The van der Waals surface area contributed by atoms with E-state index in [1.165, 1.54) is 0 Å². The first kappa shape index (κ1) is 7.22. The second-order valence-corrected chi connectivity index (χ2v) is 3.87. The predicted octanol–water partition coefficient (Wildman–Crippen LogP) is 1.42. The lowest BCUT2D eigenvalue weighted by molar-refractivity contribution is -0.144. The lowest BCUT2D eigenvalue weighted by Crippen LogP contribution is -2.09. The highest BCUT2D eigenvalue weighted by Crippen LogP contribution is 2.54. The largest absolute Gasteiger partial charge is 0.466 e. The van der Waals surface area contributed by atoms with Gasteiger partial charge in [-0.2, -0.15) is 0 Å². The number of thioether (sulfide) groups is 1. The van der Waals surface area contributed by atoms with Gasteiger partial charge in [0.25, 0.3) is 0 Å². The molecule has 11 heavy (non-hydrogen) atoms. The maximum atomic E-state index is 11.1. The minimum atomic E-state index is -0.0145. The van der Waals surface area contributed by atoms with Gasteiger partial charge in [0.2, 0.25) is 0 Å². The molecule has 3 heteroatoms. The predicted molar refractivity (Wildman–Crippen MR) is 44.1 cm³/mol. The summed E-state index contributed by atoms with van der Waals surface area (Å²) in [6, 6.07) is 0. The number of hydrogen-bond donors (Lipinski definition) is 0. The number of allylic oxidation sites excluding steroid dienone is 1. The van der Waals surface area contributed by atoms with Gasteiger partial charge in [0, 0.05) is 11.2 Å². The van der Waals surface area contributed by atoms with Crippen LogP contribution in [-0.2, 0) is 9.53 Å². The van der Waals surface area contributed by atoms with E-state index in [1.807, 2.05) is 6.92 Å². The molecule has 0 aromatic carbocycles. The molecule has 60 valence electrons. The Balaban J connectivity index is 1.90. The number of fused-ring (bicyclic) bond motifs is 1. The van der Waals surface area contributed by atoms with Crippen LogP contribution in [0.2, 0.25) is 0 Å². The van der Waals surface area contributed by atoms with Crippen molar-refractivity contribution in [2.75, 3.05) is 6.61 Å². The van der Waals surface area contributed by atoms with Crippen LogP contribution in [0.5, 0.6) is 0 Å². The number of carbonyl (C=O) groups is 1. The van der Waals surface area contributed by atoms with Crippen LogP contribution < -0.4 is 0 Å². The summed E-state index contributed by atoms with van der Waals surface area (Å²) in [6.07, 6.45) is 2.11. The fourth-order valence-corrected chi connectivity index (χ4v) is 2.73. The molecule has 0 unspecified atom stereocenters. The summed E-state index contributed by atoms with van der Waals surface area (Å²) >= 11 is 1.75. The first-order valence-corrected chi connectivity index (χ1v) is 4.77. The van der Waals surface area contributed by atoms with Gasteiger partial charge in [-0.3, -0.25) is 4.79 Å². The van der Waals surface area contributed by atoms with E-state index >= 15 is 0 Å². The van der Waals surface area contributed by atoms with Gasteiger partial charge in [-0.25, -0.2) is 0 Å². The SMILES string of the molecule is CCOC(=O)[C@@H]1[C@H]2C=CS[C@@H]21. The smallest absolute Gasteiger partial charge is 0.310 e. The molecule has 1 aliphatic heterocycles. The van der Waals surface area contributed by atoms with E-state index in [2.05, 4.69) is 11.5 Å². The monoisotopic (exact) mass is 170 g/mol. The van der Waals surface area contributed by atoms with E-state index in [0.29, 0.717) is 17.8 Å². The number of esters is 1. The highest BCUT2D eigenvalue weighted by atomic mass is 32.2. The number of hydrogen-bond acceptors (Lipinski definition) is 3. The molecule has 1 saturated carbocycles. The highest BCUT2D eigenvalue weighted by Gasteiger charge is 2.56. The third-order valence-electron chi connectivity index (χ3n) is 2.10. The van der Waals surface area contributed by atoms with Gasteiger partial charge in [-0.1, -0.05) is 6.08 Å². The van der Waals surface area contributed by atoms with Crippen molar-refractivity contribution >= 4 is 17.7 Å². The van der Waals surface area contributed by atoms with Crippen LogP contribution in [0.1, 0.15) is 6.92 Å². The van der Waals surface area contributed by atoms with Gasteiger partial charge in [-0.05, 0) is 12.3 Å². The Labute approximate surface area is 70.0 Å². The van der Waals surface area contributed by atoms with E-state index in [1.54, 1.807) is 11.8 Å². The number of ether oxygens (including phenoxy) is 1. The summed E-state index contributed by atoms with van der Waals surface area (Å²) < 4.78 is 4.92. The number of carbonyl (C=O) groups excluding carboxylic acids is 1. The molecule has 2 nitrogen and oxygen atoms in total. The zero-order chi connectivity index (χ0) is 7.84. The summed E-state index contributed by atoms with van der Waals surface area (Å²) in [5, 5.41) is 2.58. The van der Waals surface area contributed by atoms with Crippen molar-refractivity contribution in [1.82, 2.24) is 0 Å². The summed E-state index contributed by atoms with van der Waals surface area (Å²) in [5.74, 6) is 0.642. The summed E-state index contributed by atoms with van der Waals surface area (Å²) in [7, 11) is 0. The van der Waals surface area contributed by atoms with Gasteiger partial charge in [0.05, 0.1) is 12.5 Å². The van der Waals surface area contributed by atoms with Crippen LogP contribution in [0.3, 0.4) is 0 Å². The molecule has 2 aliphatic rings. The van der Waals surface area contributed by atoms with Crippen molar-refractivity contribution in [1.29, 1.82) is 0 Å². The molecule has 1 fully saturated rings. The molecule has 0 aromatic rings. The van der Waals surface area contributed by atoms with Crippen molar-refractivity contribution in [3.8, 4) is 0 Å². The molecule has 0 aromatic heterocycles. The Bertz CT molecular complexity index is 212. The third-order valence-corrected chi connectivity index (χ3v) is 3.34. The van der Waals surface area contributed by atoms with E-state index in [0.717, 1.165) is 0 Å². The second-order valence-electron chi connectivity index (χ2n) is 2.78. The Morgan fingerprint density at radius 1 is 1.73 bits per heavy atom. The first-order valence-electron chi connectivity index (χ1n) is 3.83. The molecule has 2 rings (SSSR count). The Hall–Kier alpha value is -0.440. The molecular weight excluding hydrogens is 160 g/mol. The molecule has 3 atom stereocenters. The molecule has 0 bridgehead atoms. The number of rotatable bonds is 2. The zero-order valence-electron chi connectivity index (χ0n) is 6.32. The van der Waals surface area contributed by atoms with Crippen LogP contribution in [-0.4, -0.2) is 17.8 Å². The van der Waals surface area contributed by atoms with Gasteiger partial charge in [-0.15, -0.1) is 11.8 Å². The van der Waals surface area contributed by atoms with Gasteiger partial charge < -0.3 is 4.74 Å². The van der Waals surface area contributed by atoms with Gasteiger partial charge in [0.1, 0.15) is 0 Å². The standard InChI is InChI=1S/C8H10O2S/c1-2-10-8(9)6-5-3-4-11-7(5)6/h3-7H,2H2,1H3/t5-,6-,7+/m1/s1. The average molecular weight is 170 g/mol. The van der Waals surface area contributed by atoms with E-state index < -0.39 is 0 Å². The van der Waals surface area contributed by atoms with Crippen molar-refractivity contribution in [2.45, 2.75) is 12.2 Å². The van der Waals surface area contributed by atoms with Gasteiger partial charge >= 0.3 is 5.97 Å². The van der Waals surface area contributed by atoms with E-state index in [9.17, 15) is 4.79 Å². The molecule has 0 spiro atoms. The highest BCUT2D eigenvalue weighted by molar-refractivity contribution is 8.03. The Morgan fingerprint density at radius 3 is 3.09 bits per heavy atom. The van der Waals surface area contributed by atoms with Crippen LogP contribution in [0.15, 0.2) is 11.5 Å². The maximum Gasteiger partial charge on any atom is 0.310 e. The molecular formula is C8H10O2S. The van der Waals surface area contributed by atoms with Crippen molar-refractivity contribution in [3.05, 3.63) is 11.5 Å². The van der Waals surface area contributed by atoms with Crippen LogP contribution >= 0.6 is 11.8 Å². The van der Waals surface area contributed by atoms with E-state index in [-0.39, 0.29) is 11.9 Å². The van der Waals surface area contributed by atoms with Crippen molar-refractivity contribution in [3.63, 3.8) is 0 Å². The summed E-state index contributed by atoms with van der Waals surface area (Å²) in [6.45, 7) is 2.35. The summed E-state index contributed by atoms with van der Waals surface area (Å²) in [5.41, 5.74) is 0. The normalized spacial score (nSPS) is 38.5. The summed E-state index contributed by atoms with van der Waals surface area (Å²) in [4.78, 5) is 11.1. The van der Waals surface area contributed by atoms with Crippen LogP contribution in [0, 0.1) is 11.8 Å². The molecule has 0 N–H and O–H groups in total. The van der Waals surface area contributed by atoms with Crippen molar-refractivity contribution < 1.29 is 9.53 Å².